The molecule has 0 aromatic carbocycles. The highest BCUT2D eigenvalue weighted by atomic mass is 35.5. The van der Waals surface area contributed by atoms with Crippen molar-refractivity contribution in [2.24, 2.45) is 34.5 Å². The van der Waals surface area contributed by atoms with Crippen LogP contribution in [0.5, 0.6) is 0 Å². The topological polar surface area (TPSA) is 124 Å². The van der Waals surface area contributed by atoms with Crippen molar-refractivity contribution in [1.82, 2.24) is 19.5 Å². The van der Waals surface area contributed by atoms with Crippen LogP contribution in [0.15, 0.2) is 12.7 Å². The molecule has 11 nitrogen and oxygen atoms in total. The van der Waals surface area contributed by atoms with Gasteiger partial charge in [0.25, 0.3) is 0 Å². The summed E-state index contributed by atoms with van der Waals surface area (Å²) >= 11 is 6.15. The summed E-state index contributed by atoms with van der Waals surface area (Å²) in [5.74, 6) is 1.09. The van der Waals surface area contributed by atoms with Crippen LogP contribution in [0.2, 0.25) is 5.15 Å². The van der Waals surface area contributed by atoms with Crippen LogP contribution in [0.3, 0.4) is 0 Å². The third-order valence-corrected chi connectivity index (χ3v) is 10.5. The molecule has 0 radical (unpaired) electrons. The summed E-state index contributed by atoms with van der Waals surface area (Å²) < 4.78 is 31.4. The minimum absolute atomic E-state index is 0.0692. The molecule has 256 valence electrons. The Kier molecular flexibility index (Phi) is 9.34. The van der Waals surface area contributed by atoms with E-state index in [0.717, 1.165) is 25.7 Å². The molecule has 2 spiro atoms. The number of carbonyl (C=O) groups excluding carboxylic acids is 2. The van der Waals surface area contributed by atoms with Crippen LogP contribution < -0.4 is 0 Å². The maximum absolute atomic E-state index is 12.6. The van der Waals surface area contributed by atoms with Gasteiger partial charge >= 0.3 is 11.9 Å². The van der Waals surface area contributed by atoms with Crippen LogP contribution >= 0.6 is 11.6 Å². The van der Waals surface area contributed by atoms with Gasteiger partial charge in [0.1, 0.15) is 11.8 Å². The van der Waals surface area contributed by atoms with Crippen molar-refractivity contribution in [1.29, 1.82) is 0 Å². The molecule has 6 atom stereocenters. The quantitative estimate of drug-likeness (QED) is 0.264. The van der Waals surface area contributed by atoms with Crippen LogP contribution in [-0.2, 0) is 33.3 Å². The zero-order valence-electron chi connectivity index (χ0n) is 29.1. The number of imidazole rings is 1. The lowest BCUT2D eigenvalue weighted by molar-refractivity contribution is -0.213. The number of fused-ring (bicyclic) bond motifs is 1. The molecule has 12 heteroatoms. The molecule has 4 fully saturated rings. The highest BCUT2D eigenvalue weighted by Crippen LogP contribution is 2.56. The van der Waals surface area contributed by atoms with Crippen LogP contribution in [-0.4, -0.2) is 68.3 Å². The number of aromatic nitrogens is 4. The molecule has 6 rings (SSSR count). The van der Waals surface area contributed by atoms with Gasteiger partial charge in [-0.3, -0.25) is 14.2 Å². The molecule has 4 aliphatic rings. The van der Waals surface area contributed by atoms with Crippen LogP contribution in [0.25, 0.3) is 11.2 Å². The molecule has 2 saturated heterocycles. The van der Waals surface area contributed by atoms with Crippen molar-refractivity contribution in [2.75, 3.05) is 7.11 Å². The van der Waals surface area contributed by atoms with E-state index in [2.05, 4.69) is 42.6 Å². The number of nitrogens with zero attached hydrogens (tertiary/aromatic N) is 4. The lowest BCUT2D eigenvalue weighted by atomic mass is 9.65. The maximum atomic E-state index is 12.6. The Hall–Kier alpha value is -2.34. The molecule has 2 aromatic rings. The molecule has 0 amide bonds. The normalized spacial score (nSPS) is 37.0. The molecular weight excluding hydrogens is 612 g/mol. The van der Waals surface area contributed by atoms with Crippen molar-refractivity contribution in [3.63, 3.8) is 0 Å². The van der Waals surface area contributed by atoms with Crippen LogP contribution in [0.1, 0.15) is 101 Å². The van der Waals surface area contributed by atoms with Gasteiger partial charge in [-0.25, -0.2) is 15.0 Å². The van der Waals surface area contributed by atoms with Crippen molar-refractivity contribution >= 4 is 34.7 Å². The predicted octanol–water partition coefficient (Wildman–Crippen LogP) is 6.52. The van der Waals surface area contributed by atoms with E-state index in [1.54, 1.807) is 13.4 Å². The number of rotatable bonds is 4. The fraction of sp³-hybridized carbons (Fsp3) is 0.794. The van der Waals surface area contributed by atoms with E-state index < -0.39 is 29.5 Å². The van der Waals surface area contributed by atoms with Crippen molar-refractivity contribution in [3.05, 3.63) is 17.8 Å². The molecule has 2 saturated carbocycles. The Morgan fingerprint density at radius 2 is 1.33 bits per heavy atom. The smallest absolute Gasteiger partial charge is 0.311 e. The summed E-state index contributed by atoms with van der Waals surface area (Å²) in [6.07, 6.45) is 5.35. The molecule has 2 aromatic heterocycles. The van der Waals surface area contributed by atoms with Gasteiger partial charge < -0.3 is 23.7 Å². The van der Waals surface area contributed by atoms with Crippen molar-refractivity contribution < 1.29 is 33.3 Å². The average Bonchev–Trinajstić information content (AvgIpc) is 3.56. The second-order valence-corrected chi connectivity index (χ2v) is 16.6. The highest BCUT2D eigenvalue weighted by molar-refractivity contribution is 6.33. The monoisotopic (exact) mass is 662 g/mol. The lowest BCUT2D eigenvalue weighted by Gasteiger charge is -2.46. The summed E-state index contributed by atoms with van der Waals surface area (Å²) in [6, 6.07) is 0. The van der Waals surface area contributed by atoms with E-state index in [0.29, 0.717) is 28.2 Å². The molecule has 0 N–H and O–H groups in total. The fourth-order valence-corrected chi connectivity index (χ4v) is 7.58. The Bertz CT molecular complexity index is 1440. The number of methoxy groups -OCH3 is 1. The van der Waals surface area contributed by atoms with Crippen LogP contribution in [0.4, 0.5) is 0 Å². The largest absolute Gasteiger partial charge is 0.457 e. The Morgan fingerprint density at radius 1 is 0.826 bits per heavy atom. The first kappa shape index (κ1) is 35.0. The molecular formula is C34H51ClN4O7. The van der Waals surface area contributed by atoms with Crippen LogP contribution in [0, 0.1) is 34.5 Å². The molecule has 46 heavy (non-hydrogen) atoms. The van der Waals surface area contributed by atoms with E-state index in [-0.39, 0.29) is 41.1 Å². The van der Waals surface area contributed by atoms with E-state index in [9.17, 15) is 9.59 Å². The van der Waals surface area contributed by atoms with E-state index in [1.807, 2.05) is 46.1 Å². The predicted molar refractivity (Wildman–Crippen MR) is 172 cm³/mol. The minimum Gasteiger partial charge on any atom is -0.457 e. The summed E-state index contributed by atoms with van der Waals surface area (Å²) in [6.45, 7) is 19.8. The molecule has 2 aliphatic heterocycles. The number of hydrogen-bond acceptors (Lipinski definition) is 10. The molecule has 0 bridgehead atoms. The second kappa shape index (κ2) is 12.3. The Morgan fingerprint density at radius 3 is 1.83 bits per heavy atom. The third-order valence-electron chi connectivity index (χ3n) is 10.2. The summed E-state index contributed by atoms with van der Waals surface area (Å²) in [7, 11) is 1.61. The van der Waals surface area contributed by atoms with Gasteiger partial charge in [0.15, 0.2) is 35.5 Å². The summed E-state index contributed by atoms with van der Waals surface area (Å²) in [5, 5.41) is 0.292. The lowest BCUT2D eigenvalue weighted by Crippen LogP contribution is -2.48. The maximum Gasteiger partial charge on any atom is 0.311 e. The number of carbonyl (C=O) groups is 2. The standard InChI is InChI=1S/C19H25ClN4O3.C15H26O4/c1-10-6-19(7-10)11(2)13(26-17(25)18(3,4)5)16(27-19)24-9-23-12-14(20)21-8-22-15(12)24;1-9-7-15(8-9)10(2)11(12(17-6)19-15)18-13(16)14(3,4)5/h8-11,13,16H,6-7H2,1-5H3;9-12H,7-8H2,1-6H3/t10?,11-,13?,16+,19?;9?,10-,11?,12?,15?/m00/s1. The SMILES string of the molecule is CC1CC2(C1)O[C@@H](n1cnc3c(Cl)ncnc31)C(OC(=O)C(C)(C)C)[C@@H]2C.COC1OC2(CC(C)C2)[C@@H](C)C1OC(=O)C(C)(C)C. The molecule has 2 aliphatic carbocycles. The van der Waals surface area contributed by atoms with Gasteiger partial charge in [-0.15, -0.1) is 0 Å². The summed E-state index contributed by atoms with van der Waals surface area (Å²) in [5.41, 5.74) is -0.424. The molecule has 4 heterocycles. The van der Waals surface area contributed by atoms with Gasteiger partial charge in [0.2, 0.25) is 0 Å². The number of ether oxygens (including phenoxy) is 5. The highest BCUT2D eigenvalue weighted by Gasteiger charge is 2.61. The fourth-order valence-electron chi connectivity index (χ4n) is 7.40. The number of halogens is 1. The minimum atomic E-state index is -0.588. The van der Waals surface area contributed by atoms with E-state index in [4.69, 9.17) is 35.3 Å². The van der Waals surface area contributed by atoms with Gasteiger partial charge in [0.05, 0.1) is 28.4 Å². The van der Waals surface area contributed by atoms with Gasteiger partial charge in [-0.1, -0.05) is 39.3 Å². The third kappa shape index (κ3) is 6.29. The zero-order chi connectivity index (χ0) is 34.0. The van der Waals surface area contributed by atoms with Gasteiger partial charge in [0, 0.05) is 18.9 Å². The van der Waals surface area contributed by atoms with E-state index >= 15 is 0 Å². The van der Waals surface area contributed by atoms with Gasteiger partial charge in [-0.2, -0.15) is 0 Å². The van der Waals surface area contributed by atoms with Crippen molar-refractivity contribution in [2.45, 2.75) is 131 Å². The second-order valence-electron chi connectivity index (χ2n) is 16.2. The zero-order valence-corrected chi connectivity index (χ0v) is 29.9. The first-order valence-electron chi connectivity index (χ1n) is 16.5. The number of hydrogen-bond donors (Lipinski definition) is 0. The average molecular weight is 663 g/mol. The van der Waals surface area contributed by atoms with E-state index in [1.165, 1.54) is 6.33 Å². The van der Waals surface area contributed by atoms with Gasteiger partial charge in [-0.05, 0) is 79.1 Å². The Labute approximate surface area is 277 Å². The Balaban J connectivity index is 0.000000193. The summed E-state index contributed by atoms with van der Waals surface area (Å²) in [4.78, 5) is 37.4. The first-order chi connectivity index (χ1) is 21.3. The molecule has 3 unspecified atom stereocenters. The first-order valence-corrected chi connectivity index (χ1v) is 16.8. The number of esters is 2. The van der Waals surface area contributed by atoms with Crippen molar-refractivity contribution in [3.8, 4) is 0 Å².